The number of benzene rings is 1. The molecule has 1 aliphatic rings. The molecule has 28 heavy (non-hydrogen) atoms. The van der Waals surface area contributed by atoms with E-state index >= 15 is 0 Å². The van der Waals surface area contributed by atoms with Crippen LogP contribution in [0.5, 0.6) is 0 Å². The summed E-state index contributed by atoms with van der Waals surface area (Å²) in [6, 6.07) is 3.84. The fourth-order valence-electron chi connectivity index (χ4n) is 4.02. The Bertz CT molecular complexity index is 1030. The van der Waals surface area contributed by atoms with Gasteiger partial charge in [-0.1, -0.05) is 12.6 Å². The van der Waals surface area contributed by atoms with Crippen LogP contribution >= 0.6 is 0 Å². The molecular weight excluding hydrogens is 376 g/mol. The van der Waals surface area contributed by atoms with E-state index in [4.69, 9.17) is 5.73 Å². The minimum atomic E-state index is -3.46. The summed E-state index contributed by atoms with van der Waals surface area (Å²) >= 11 is 0. The van der Waals surface area contributed by atoms with Crippen molar-refractivity contribution < 1.29 is 13.2 Å². The highest BCUT2D eigenvalue weighted by Gasteiger charge is 2.30. The number of nitrogens with zero attached hydrogens (tertiary/aromatic N) is 2. The molecule has 1 unspecified atom stereocenters. The molecule has 2 heterocycles. The van der Waals surface area contributed by atoms with Gasteiger partial charge < -0.3 is 15.6 Å². The van der Waals surface area contributed by atoms with Crippen LogP contribution in [0.1, 0.15) is 29.7 Å². The zero-order valence-electron chi connectivity index (χ0n) is 16.7. The Balaban J connectivity index is 2.01. The molecule has 2 aromatic rings. The first-order valence-electron chi connectivity index (χ1n) is 9.40. The number of rotatable bonds is 6. The Morgan fingerprint density at radius 1 is 1.43 bits per heavy atom. The van der Waals surface area contributed by atoms with E-state index in [1.807, 2.05) is 19.1 Å². The van der Waals surface area contributed by atoms with Gasteiger partial charge in [0.25, 0.3) is 0 Å². The van der Waals surface area contributed by atoms with Crippen molar-refractivity contribution in [1.29, 1.82) is 0 Å². The predicted octanol–water partition coefficient (Wildman–Crippen LogP) is 2.19. The Morgan fingerprint density at radius 3 is 2.79 bits per heavy atom. The van der Waals surface area contributed by atoms with Crippen LogP contribution in [0.15, 0.2) is 24.1 Å². The van der Waals surface area contributed by atoms with Gasteiger partial charge in [0.1, 0.15) is 0 Å². The number of H-pyrrole nitrogens is 1. The molecule has 8 heteroatoms. The standard InChI is InChI=1S/C20H28N4O3S/c1-5-28(26,27)23(4)16-7-6-10-24(12-16)17-9-8-15(11-18(21)25)20-19(17)13(2)14(3)22-20/h5,8-9,16,22H,1,6-7,10-12H2,2-4H3,(H2,21,25). The average Bonchev–Trinajstić information content (AvgIpc) is 2.96. The number of hydrogen-bond donors (Lipinski definition) is 2. The second kappa shape index (κ2) is 7.60. The first-order valence-corrected chi connectivity index (χ1v) is 10.9. The molecule has 0 saturated carbocycles. The highest BCUT2D eigenvalue weighted by Crippen LogP contribution is 2.35. The number of anilines is 1. The van der Waals surface area contributed by atoms with Crippen molar-refractivity contribution in [2.45, 2.75) is 39.2 Å². The number of aromatic amines is 1. The fraction of sp³-hybridized carbons (Fsp3) is 0.450. The smallest absolute Gasteiger partial charge is 0.235 e. The van der Waals surface area contributed by atoms with Crippen LogP contribution in [0.4, 0.5) is 5.69 Å². The molecule has 0 spiro atoms. The molecule has 1 atom stereocenters. The van der Waals surface area contributed by atoms with Gasteiger partial charge in [-0.15, -0.1) is 0 Å². The molecule has 1 fully saturated rings. The van der Waals surface area contributed by atoms with Gasteiger partial charge in [0.15, 0.2) is 0 Å². The van der Waals surface area contributed by atoms with Crippen molar-refractivity contribution in [2.75, 3.05) is 25.0 Å². The number of likely N-dealkylation sites (N-methyl/N-ethyl adjacent to an activating group) is 1. The number of nitrogens with two attached hydrogens (primary N) is 1. The van der Waals surface area contributed by atoms with Gasteiger partial charge in [-0.25, -0.2) is 8.42 Å². The Morgan fingerprint density at radius 2 is 2.14 bits per heavy atom. The maximum Gasteiger partial charge on any atom is 0.235 e. The molecule has 1 aliphatic heterocycles. The number of aryl methyl sites for hydroxylation is 2. The molecule has 0 bridgehead atoms. The van der Waals surface area contributed by atoms with Crippen LogP contribution in [-0.2, 0) is 21.2 Å². The maximum absolute atomic E-state index is 12.2. The SMILES string of the molecule is C=CS(=O)(=O)N(C)C1CCCN(c2ccc(CC(N)=O)c3[nH]c(C)c(C)c23)C1. The molecule has 7 nitrogen and oxygen atoms in total. The van der Waals surface area contributed by atoms with E-state index in [1.54, 1.807) is 7.05 Å². The summed E-state index contributed by atoms with van der Waals surface area (Å²) in [7, 11) is -1.84. The summed E-state index contributed by atoms with van der Waals surface area (Å²) in [5, 5.41) is 2.08. The van der Waals surface area contributed by atoms with Crippen LogP contribution in [0, 0.1) is 13.8 Å². The quantitative estimate of drug-likeness (QED) is 0.771. The van der Waals surface area contributed by atoms with E-state index in [0.717, 1.165) is 58.2 Å². The van der Waals surface area contributed by atoms with Crippen LogP contribution in [0.3, 0.4) is 0 Å². The Hall–Kier alpha value is -2.32. The predicted molar refractivity (Wildman–Crippen MR) is 113 cm³/mol. The van der Waals surface area contributed by atoms with Crippen molar-refractivity contribution in [3.63, 3.8) is 0 Å². The number of hydrogen-bond acceptors (Lipinski definition) is 4. The zero-order chi connectivity index (χ0) is 20.6. The third kappa shape index (κ3) is 3.66. The summed E-state index contributed by atoms with van der Waals surface area (Å²) in [5.41, 5.74) is 10.5. The molecular formula is C20H28N4O3S. The number of aromatic nitrogens is 1. The topological polar surface area (TPSA) is 99.5 Å². The van der Waals surface area contributed by atoms with Crippen molar-refractivity contribution in [2.24, 2.45) is 5.73 Å². The second-order valence-corrected chi connectivity index (χ2v) is 9.42. The number of sulfonamides is 1. The van der Waals surface area contributed by atoms with Gasteiger partial charge in [-0.2, -0.15) is 4.31 Å². The number of amides is 1. The van der Waals surface area contributed by atoms with E-state index in [9.17, 15) is 13.2 Å². The first-order chi connectivity index (χ1) is 13.2. The molecule has 1 saturated heterocycles. The number of nitrogens with one attached hydrogen (secondary N) is 1. The van der Waals surface area contributed by atoms with Gasteiger partial charge in [0.05, 0.1) is 11.9 Å². The van der Waals surface area contributed by atoms with Gasteiger partial charge in [0, 0.05) is 48.4 Å². The molecule has 0 aliphatic carbocycles. The Labute approximate surface area is 166 Å². The lowest BCUT2D eigenvalue weighted by molar-refractivity contribution is -0.117. The summed E-state index contributed by atoms with van der Waals surface area (Å²) in [6.45, 7) is 8.96. The van der Waals surface area contributed by atoms with Crippen LogP contribution in [-0.4, -0.2) is 49.8 Å². The van der Waals surface area contributed by atoms with Gasteiger partial charge in [0.2, 0.25) is 15.9 Å². The lowest BCUT2D eigenvalue weighted by atomic mass is 10.00. The average molecular weight is 405 g/mol. The van der Waals surface area contributed by atoms with Crippen LogP contribution in [0.2, 0.25) is 0 Å². The number of piperidine rings is 1. The van der Waals surface area contributed by atoms with E-state index in [-0.39, 0.29) is 18.4 Å². The maximum atomic E-state index is 12.2. The van der Waals surface area contributed by atoms with Crippen molar-refractivity contribution in [3.05, 3.63) is 40.9 Å². The minimum Gasteiger partial charge on any atom is -0.369 e. The molecule has 152 valence electrons. The van der Waals surface area contributed by atoms with Crippen LogP contribution < -0.4 is 10.6 Å². The van der Waals surface area contributed by atoms with E-state index in [0.29, 0.717) is 6.54 Å². The second-order valence-electron chi connectivity index (χ2n) is 7.48. The van der Waals surface area contributed by atoms with E-state index in [2.05, 4.69) is 23.4 Å². The molecule has 0 radical (unpaired) electrons. The highest BCUT2D eigenvalue weighted by atomic mass is 32.2. The summed E-state index contributed by atoms with van der Waals surface area (Å²) in [5.74, 6) is -0.367. The molecule has 1 aromatic carbocycles. The molecule has 3 N–H and O–H groups in total. The molecule has 1 amide bonds. The van der Waals surface area contributed by atoms with Gasteiger partial charge in [-0.05, 0) is 43.9 Å². The lowest BCUT2D eigenvalue weighted by Gasteiger charge is -2.38. The number of primary amides is 1. The van der Waals surface area contributed by atoms with Crippen molar-refractivity contribution in [3.8, 4) is 0 Å². The summed E-state index contributed by atoms with van der Waals surface area (Å²) < 4.78 is 25.8. The van der Waals surface area contributed by atoms with Crippen molar-refractivity contribution in [1.82, 2.24) is 9.29 Å². The number of fused-ring (bicyclic) bond motifs is 1. The van der Waals surface area contributed by atoms with Gasteiger partial charge >= 0.3 is 0 Å². The minimum absolute atomic E-state index is 0.113. The third-order valence-electron chi connectivity index (χ3n) is 5.75. The third-order valence-corrected chi connectivity index (χ3v) is 7.27. The van der Waals surface area contributed by atoms with E-state index in [1.165, 1.54) is 4.31 Å². The number of carbonyl (C=O) groups excluding carboxylic acids is 1. The normalized spacial score (nSPS) is 18.0. The Kier molecular flexibility index (Phi) is 5.54. The zero-order valence-corrected chi connectivity index (χ0v) is 17.5. The fourth-order valence-corrected chi connectivity index (χ4v) is 4.84. The highest BCUT2D eigenvalue weighted by molar-refractivity contribution is 7.92. The van der Waals surface area contributed by atoms with Crippen molar-refractivity contribution >= 4 is 32.5 Å². The summed E-state index contributed by atoms with van der Waals surface area (Å²) in [4.78, 5) is 17.1. The largest absolute Gasteiger partial charge is 0.369 e. The van der Waals surface area contributed by atoms with Crippen LogP contribution in [0.25, 0.3) is 10.9 Å². The number of carbonyl (C=O) groups is 1. The molecule has 1 aromatic heterocycles. The molecule has 3 rings (SSSR count). The summed E-state index contributed by atoms with van der Waals surface area (Å²) in [6.07, 6.45) is 1.89. The van der Waals surface area contributed by atoms with Gasteiger partial charge in [-0.3, -0.25) is 4.79 Å². The lowest BCUT2D eigenvalue weighted by Crippen LogP contribution is -2.48. The first kappa shape index (κ1) is 20.4. The monoisotopic (exact) mass is 404 g/mol. The van der Waals surface area contributed by atoms with E-state index < -0.39 is 10.0 Å².